The number of β-lactam (4-membered cyclic amide) rings is 1. The van der Waals surface area contributed by atoms with Crippen molar-refractivity contribution in [3.63, 3.8) is 0 Å². The van der Waals surface area contributed by atoms with E-state index in [4.69, 9.17) is 10.5 Å². The van der Waals surface area contributed by atoms with Crippen LogP contribution in [0.4, 0.5) is 0 Å². The van der Waals surface area contributed by atoms with E-state index in [2.05, 4.69) is 13.8 Å². The lowest BCUT2D eigenvalue weighted by molar-refractivity contribution is -0.143. The maximum absolute atomic E-state index is 11.1. The lowest BCUT2D eigenvalue weighted by atomic mass is 10.1. The highest BCUT2D eigenvalue weighted by atomic mass is 16.5. The minimum absolute atomic E-state index is 0.0532. The van der Waals surface area contributed by atoms with Crippen molar-refractivity contribution in [3.8, 4) is 0 Å². The van der Waals surface area contributed by atoms with Gasteiger partial charge in [0.1, 0.15) is 6.04 Å². The first kappa shape index (κ1) is 11.5. The summed E-state index contributed by atoms with van der Waals surface area (Å²) in [5.41, 5.74) is 5.45. The van der Waals surface area contributed by atoms with E-state index >= 15 is 0 Å². The molecule has 1 heterocycles. The highest BCUT2D eigenvalue weighted by molar-refractivity contribution is 5.87. The second-order valence-electron chi connectivity index (χ2n) is 4.19. The number of carbonyl (C=O) groups excluding carboxylic acids is 1. The third kappa shape index (κ3) is 3.27. The SMILES string of the molecule is CC(C)CCOCCN1CC(N)C1=O. The fraction of sp³-hybridized carbons (Fsp3) is 0.900. The normalized spacial score (nSPS) is 21.6. The van der Waals surface area contributed by atoms with Crippen LogP contribution in [0.5, 0.6) is 0 Å². The first-order valence-electron chi connectivity index (χ1n) is 5.23. The van der Waals surface area contributed by atoms with Crippen LogP contribution in [0.3, 0.4) is 0 Å². The number of hydrogen-bond acceptors (Lipinski definition) is 3. The summed E-state index contributed by atoms with van der Waals surface area (Å²) in [6.07, 6.45) is 1.08. The van der Waals surface area contributed by atoms with Crippen LogP contribution < -0.4 is 5.73 Å². The number of nitrogens with two attached hydrogens (primary N) is 1. The van der Waals surface area contributed by atoms with Crippen molar-refractivity contribution in [2.75, 3.05) is 26.3 Å². The van der Waals surface area contributed by atoms with Gasteiger partial charge in [-0.2, -0.15) is 0 Å². The van der Waals surface area contributed by atoms with Gasteiger partial charge in [0.15, 0.2) is 0 Å². The fourth-order valence-electron chi connectivity index (χ4n) is 1.32. The van der Waals surface area contributed by atoms with Crippen molar-refractivity contribution in [3.05, 3.63) is 0 Å². The summed E-state index contributed by atoms with van der Waals surface area (Å²) in [5, 5.41) is 0. The van der Waals surface area contributed by atoms with E-state index in [9.17, 15) is 4.79 Å². The molecule has 0 aromatic heterocycles. The second-order valence-corrected chi connectivity index (χ2v) is 4.19. The minimum Gasteiger partial charge on any atom is -0.380 e. The van der Waals surface area contributed by atoms with Crippen LogP contribution in [-0.4, -0.2) is 43.2 Å². The number of hydrogen-bond donors (Lipinski definition) is 1. The summed E-state index contributed by atoms with van der Waals surface area (Å²) in [6, 6.07) is -0.259. The number of ether oxygens (including phenoxy) is 1. The Hall–Kier alpha value is -0.610. The second kappa shape index (κ2) is 5.32. The lowest BCUT2D eigenvalue weighted by Crippen LogP contribution is -2.61. The number of nitrogens with zero attached hydrogens (tertiary/aromatic N) is 1. The van der Waals surface area contributed by atoms with Crippen LogP contribution in [0.1, 0.15) is 20.3 Å². The third-order valence-corrected chi connectivity index (χ3v) is 2.39. The van der Waals surface area contributed by atoms with Gasteiger partial charge in [0.2, 0.25) is 5.91 Å². The molecule has 1 saturated heterocycles. The molecule has 1 rings (SSSR count). The molecule has 1 atom stereocenters. The van der Waals surface area contributed by atoms with Gasteiger partial charge < -0.3 is 15.4 Å². The Morgan fingerprint density at radius 3 is 2.79 bits per heavy atom. The third-order valence-electron chi connectivity index (χ3n) is 2.39. The lowest BCUT2D eigenvalue weighted by Gasteiger charge is -2.35. The molecule has 4 heteroatoms. The Kier molecular flexibility index (Phi) is 4.35. The van der Waals surface area contributed by atoms with Crippen molar-refractivity contribution in [1.82, 2.24) is 4.90 Å². The van der Waals surface area contributed by atoms with Gasteiger partial charge in [0.05, 0.1) is 6.61 Å². The minimum atomic E-state index is -0.259. The van der Waals surface area contributed by atoms with Crippen molar-refractivity contribution >= 4 is 5.91 Å². The van der Waals surface area contributed by atoms with Crippen molar-refractivity contribution in [2.24, 2.45) is 11.7 Å². The van der Waals surface area contributed by atoms with Crippen molar-refractivity contribution in [1.29, 1.82) is 0 Å². The zero-order chi connectivity index (χ0) is 10.6. The first-order chi connectivity index (χ1) is 6.61. The molecule has 0 aromatic rings. The fourth-order valence-corrected chi connectivity index (χ4v) is 1.32. The Morgan fingerprint density at radius 1 is 1.57 bits per heavy atom. The van der Waals surface area contributed by atoms with E-state index < -0.39 is 0 Å². The molecule has 0 spiro atoms. The van der Waals surface area contributed by atoms with Crippen molar-refractivity contribution in [2.45, 2.75) is 26.3 Å². The molecule has 4 nitrogen and oxygen atoms in total. The molecule has 0 radical (unpaired) electrons. The Bertz CT molecular complexity index is 195. The van der Waals surface area contributed by atoms with E-state index in [1.54, 1.807) is 4.90 Å². The Labute approximate surface area is 85.4 Å². The molecule has 1 amide bonds. The average molecular weight is 200 g/mol. The quantitative estimate of drug-likeness (QED) is 0.493. The molecule has 1 fully saturated rings. The van der Waals surface area contributed by atoms with E-state index in [1.807, 2.05) is 0 Å². The zero-order valence-corrected chi connectivity index (χ0v) is 9.03. The smallest absolute Gasteiger partial charge is 0.241 e. The van der Waals surface area contributed by atoms with Crippen LogP contribution in [0.25, 0.3) is 0 Å². The van der Waals surface area contributed by atoms with Crippen LogP contribution in [-0.2, 0) is 9.53 Å². The summed E-state index contributed by atoms with van der Waals surface area (Å²) in [5.74, 6) is 0.728. The van der Waals surface area contributed by atoms with Gasteiger partial charge in [-0.3, -0.25) is 4.79 Å². The predicted molar refractivity (Wildman–Crippen MR) is 54.8 cm³/mol. The Morgan fingerprint density at radius 2 is 2.29 bits per heavy atom. The van der Waals surface area contributed by atoms with E-state index in [-0.39, 0.29) is 11.9 Å². The molecule has 0 aliphatic carbocycles. The van der Waals surface area contributed by atoms with Crippen LogP contribution in [0.2, 0.25) is 0 Å². The summed E-state index contributed by atoms with van der Waals surface area (Å²) in [4.78, 5) is 12.8. The van der Waals surface area contributed by atoms with E-state index in [1.165, 1.54) is 0 Å². The monoisotopic (exact) mass is 200 g/mol. The highest BCUT2D eigenvalue weighted by Crippen LogP contribution is 2.06. The zero-order valence-electron chi connectivity index (χ0n) is 9.03. The van der Waals surface area contributed by atoms with Gasteiger partial charge >= 0.3 is 0 Å². The maximum Gasteiger partial charge on any atom is 0.241 e. The van der Waals surface area contributed by atoms with Gasteiger partial charge in [-0.05, 0) is 12.3 Å². The average Bonchev–Trinajstić information content (AvgIpc) is 2.15. The standard InChI is InChI=1S/C10H20N2O2/c1-8(2)3-5-14-6-4-12-7-9(11)10(12)13/h8-9H,3-7,11H2,1-2H3. The molecular formula is C10H20N2O2. The van der Waals surface area contributed by atoms with Gasteiger partial charge in [0, 0.05) is 19.7 Å². The van der Waals surface area contributed by atoms with Gasteiger partial charge in [0.25, 0.3) is 0 Å². The van der Waals surface area contributed by atoms with Gasteiger partial charge in [-0.25, -0.2) is 0 Å². The molecule has 0 bridgehead atoms. The molecule has 1 aliphatic rings. The summed E-state index contributed by atoms with van der Waals surface area (Å²) in [6.45, 7) is 7.12. The van der Waals surface area contributed by atoms with Crippen molar-refractivity contribution < 1.29 is 9.53 Å². The first-order valence-corrected chi connectivity index (χ1v) is 5.23. The molecule has 82 valence electrons. The van der Waals surface area contributed by atoms with Crippen LogP contribution >= 0.6 is 0 Å². The summed E-state index contributed by atoms with van der Waals surface area (Å²) in [7, 11) is 0. The Balaban J connectivity index is 1.92. The predicted octanol–water partition coefficient (Wildman–Crippen LogP) is 0.219. The van der Waals surface area contributed by atoms with E-state index in [0.717, 1.165) is 13.0 Å². The van der Waals surface area contributed by atoms with Crippen LogP contribution in [0.15, 0.2) is 0 Å². The number of amides is 1. The molecule has 0 aromatic carbocycles. The number of likely N-dealkylation sites (tertiary alicyclic amines) is 1. The largest absolute Gasteiger partial charge is 0.380 e. The van der Waals surface area contributed by atoms with Gasteiger partial charge in [-0.1, -0.05) is 13.8 Å². The maximum atomic E-state index is 11.1. The topological polar surface area (TPSA) is 55.6 Å². The molecule has 0 saturated carbocycles. The molecule has 1 unspecified atom stereocenters. The summed E-state index contributed by atoms with van der Waals surface area (Å²) >= 11 is 0. The molecule has 1 aliphatic heterocycles. The molecule has 2 N–H and O–H groups in total. The van der Waals surface area contributed by atoms with Gasteiger partial charge in [-0.15, -0.1) is 0 Å². The molecule has 14 heavy (non-hydrogen) atoms. The van der Waals surface area contributed by atoms with Crippen LogP contribution in [0, 0.1) is 5.92 Å². The number of carbonyl (C=O) groups is 1. The molecular weight excluding hydrogens is 180 g/mol. The number of rotatable bonds is 6. The summed E-state index contributed by atoms with van der Waals surface area (Å²) < 4.78 is 5.40. The highest BCUT2D eigenvalue weighted by Gasteiger charge is 2.32. The van der Waals surface area contributed by atoms with E-state index in [0.29, 0.717) is 25.6 Å².